The van der Waals surface area contributed by atoms with Crippen LogP contribution in [0.3, 0.4) is 0 Å². The topological polar surface area (TPSA) is 57.6 Å². The van der Waals surface area contributed by atoms with Gasteiger partial charge < -0.3 is 5.11 Å². The molecule has 1 N–H and O–H groups in total. The van der Waals surface area contributed by atoms with Gasteiger partial charge in [0.15, 0.2) is 0 Å². The van der Waals surface area contributed by atoms with Gasteiger partial charge in [-0.05, 0) is 43.4 Å². The molecular formula is C16H21ClFNO3S. The number of sulfonamides is 1. The highest BCUT2D eigenvalue weighted by molar-refractivity contribution is 7.89. The molecule has 7 heteroatoms. The average Bonchev–Trinajstić information content (AvgIpc) is 2.93. The van der Waals surface area contributed by atoms with Crippen molar-refractivity contribution >= 4 is 21.6 Å². The second-order valence-electron chi connectivity index (χ2n) is 6.61. The van der Waals surface area contributed by atoms with Crippen LogP contribution in [0.2, 0.25) is 5.02 Å². The molecule has 128 valence electrons. The van der Waals surface area contributed by atoms with Gasteiger partial charge in [0.05, 0.1) is 10.6 Å². The summed E-state index contributed by atoms with van der Waals surface area (Å²) in [6.45, 7) is 2.63. The molecule has 2 fully saturated rings. The van der Waals surface area contributed by atoms with Crippen LogP contribution >= 0.6 is 11.6 Å². The first kappa shape index (κ1) is 17.1. The Morgan fingerprint density at radius 3 is 2.83 bits per heavy atom. The third kappa shape index (κ3) is 2.90. The van der Waals surface area contributed by atoms with Crippen molar-refractivity contribution in [3.8, 4) is 0 Å². The molecule has 0 aromatic heterocycles. The summed E-state index contributed by atoms with van der Waals surface area (Å²) in [6.07, 6.45) is 3.18. The minimum absolute atomic E-state index is 0.0461. The number of halogens is 2. The monoisotopic (exact) mass is 361 g/mol. The first-order chi connectivity index (χ1) is 10.8. The van der Waals surface area contributed by atoms with E-state index in [4.69, 9.17) is 11.6 Å². The molecule has 4 nitrogen and oxygen atoms in total. The maximum Gasteiger partial charge on any atom is 0.244 e. The first-order valence-electron chi connectivity index (χ1n) is 7.95. The van der Waals surface area contributed by atoms with Crippen LogP contribution in [-0.2, 0) is 10.0 Å². The second kappa shape index (κ2) is 5.99. The summed E-state index contributed by atoms with van der Waals surface area (Å²) in [5, 5.41) is 10.7. The molecule has 1 heterocycles. The zero-order valence-corrected chi connectivity index (χ0v) is 14.6. The van der Waals surface area contributed by atoms with Gasteiger partial charge in [0, 0.05) is 19.0 Å². The van der Waals surface area contributed by atoms with Gasteiger partial charge >= 0.3 is 0 Å². The summed E-state index contributed by atoms with van der Waals surface area (Å²) in [5.41, 5.74) is -0.792. The summed E-state index contributed by atoms with van der Waals surface area (Å²) in [6, 6.07) is 3.32. The molecule has 23 heavy (non-hydrogen) atoms. The van der Waals surface area contributed by atoms with Crippen molar-refractivity contribution in [3.05, 3.63) is 29.0 Å². The van der Waals surface area contributed by atoms with Gasteiger partial charge in [0.1, 0.15) is 10.7 Å². The summed E-state index contributed by atoms with van der Waals surface area (Å²) in [7, 11) is -3.78. The largest absolute Gasteiger partial charge is 0.390 e. The standard InChI is InChI=1S/C16H21ClFNO3S/c1-2-16(20)7-3-4-11-9-19(10-13(11)16)23(21,22)15-6-5-12(18)8-14(15)17/h5-6,8,11,13,20H,2-4,7,9-10H2,1H3/t11-,13+,16-/m1/s1. The van der Waals surface area contributed by atoms with Crippen molar-refractivity contribution in [1.29, 1.82) is 0 Å². The Balaban J connectivity index is 1.91. The Bertz CT molecular complexity index is 711. The molecule has 0 spiro atoms. The van der Waals surface area contributed by atoms with Gasteiger partial charge in [-0.1, -0.05) is 24.9 Å². The zero-order valence-electron chi connectivity index (χ0n) is 13.0. The minimum Gasteiger partial charge on any atom is -0.390 e. The lowest BCUT2D eigenvalue weighted by Crippen LogP contribution is -2.44. The normalized spacial score (nSPS) is 32.0. The van der Waals surface area contributed by atoms with E-state index in [1.165, 1.54) is 10.4 Å². The fourth-order valence-electron chi connectivity index (χ4n) is 4.05. The number of rotatable bonds is 3. The Morgan fingerprint density at radius 1 is 1.43 bits per heavy atom. The van der Waals surface area contributed by atoms with Crippen LogP contribution in [0.15, 0.2) is 23.1 Å². The smallest absolute Gasteiger partial charge is 0.244 e. The maximum absolute atomic E-state index is 13.2. The maximum atomic E-state index is 13.2. The van der Waals surface area contributed by atoms with E-state index in [0.717, 1.165) is 31.4 Å². The highest BCUT2D eigenvalue weighted by Gasteiger charge is 2.50. The lowest BCUT2D eigenvalue weighted by molar-refractivity contribution is -0.0605. The van der Waals surface area contributed by atoms with Gasteiger partial charge in [0.25, 0.3) is 0 Å². The molecule has 3 atom stereocenters. The van der Waals surface area contributed by atoms with E-state index in [1.54, 1.807) is 0 Å². The molecule has 2 aliphatic rings. The number of benzene rings is 1. The zero-order chi connectivity index (χ0) is 16.8. The van der Waals surface area contributed by atoms with Gasteiger partial charge in [0.2, 0.25) is 10.0 Å². The fraction of sp³-hybridized carbons (Fsp3) is 0.625. The van der Waals surface area contributed by atoms with Crippen molar-refractivity contribution in [2.75, 3.05) is 13.1 Å². The number of nitrogens with zero attached hydrogens (tertiary/aromatic N) is 1. The Hall–Kier alpha value is -0.690. The number of aliphatic hydroxyl groups is 1. The Kier molecular flexibility index (Phi) is 4.46. The molecule has 0 radical (unpaired) electrons. The number of hydrogen-bond acceptors (Lipinski definition) is 3. The molecule has 1 aromatic carbocycles. The molecule has 1 saturated heterocycles. The lowest BCUT2D eigenvalue weighted by atomic mass is 9.69. The summed E-state index contributed by atoms with van der Waals surface area (Å²) in [4.78, 5) is -0.0701. The lowest BCUT2D eigenvalue weighted by Gasteiger charge is -2.40. The molecule has 1 aromatic rings. The average molecular weight is 362 g/mol. The van der Waals surface area contributed by atoms with Crippen molar-refractivity contribution < 1.29 is 17.9 Å². The number of fused-ring (bicyclic) bond motifs is 1. The SMILES string of the molecule is CC[C@@]1(O)CCC[C@@H]2CN(S(=O)(=O)c3ccc(F)cc3Cl)C[C@@H]21. The Morgan fingerprint density at radius 2 is 2.17 bits per heavy atom. The molecule has 1 saturated carbocycles. The van der Waals surface area contributed by atoms with Crippen molar-refractivity contribution in [1.82, 2.24) is 4.31 Å². The molecule has 1 aliphatic carbocycles. The van der Waals surface area contributed by atoms with Crippen LogP contribution in [0.25, 0.3) is 0 Å². The second-order valence-corrected chi connectivity index (χ2v) is 8.93. The molecule has 3 rings (SSSR count). The first-order valence-corrected chi connectivity index (χ1v) is 9.77. The molecule has 0 amide bonds. The van der Waals surface area contributed by atoms with Gasteiger partial charge in [-0.15, -0.1) is 0 Å². The van der Waals surface area contributed by atoms with E-state index >= 15 is 0 Å². The molecule has 0 unspecified atom stereocenters. The van der Waals surface area contributed by atoms with Crippen LogP contribution in [0.1, 0.15) is 32.6 Å². The predicted molar refractivity (Wildman–Crippen MR) is 86.2 cm³/mol. The van der Waals surface area contributed by atoms with Gasteiger partial charge in [-0.2, -0.15) is 4.31 Å². The molecule has 1 aliphatic heterocycles. The van der Waals surface area contributed by atoms with Crippen molar-refractivity contribution in [2.45, 2.75) is 43.1 Å². The summed E-state index contributed by atoms with van der Waals surface area (Å²) < 4.78 is 40.3. The fourth-order valence-corrected chi connectivity index (χ4v) is 6.08. The van der Waals surface area contributed by atoms with Crippen LogP contribution in [-0.4, -0.2) is 36.5 Å². The van der Waals surface area contributed by atoms with E-state index in [0.29, 0.717) is 19.5 Å². The van der Waals surface area contributed by atoms with Crippen molar-refractivity contribution in [2.24, 2.45) is 11.8 Å². The van der Waals surface area contributed by atoms with Gasteiger partial charge in [-0.25, -0.2) is 12.8 Å². The van der Waals surface area contributed by atoms with Crippen LogP contribution < -0.4 is 0 Å². The molecule has 0 bridgehead atoms. The van der Waals surface area contributed by atoms with Gasteiger partial charge in [-0.3, -0.25) is 0 Å². The van der Waals surface area contributed by atoms with E-state index < -0.39 is 21.4 Å². The summed E-state index contributed by atoms with van der Waals surface area (Å²) >= 11 is 5.93. The third-order valence-electron chi connectivity index (χ3n) is 5.41. The van der Waals surface area contributed by atoms with Crippen LogP contribution in [0, 0.1) is 17.7 Å². The van der Waals surface area contributed by atoms with Crippen LogP contribution in [0.5, 0.6) is 0 Å². The summed E-state index contributed by atoms with van der Waals surface area (Å²) in [5.74, 6) is -0.442. The third-order valence-corrected chi connectivity index (χ3v) is 7.72. The van der Waals surface area contributed by atoms with Crippen molar-refractivity contribution in [3.63, 3.8) is 0 Å². The van der Waals surface area contributed by atoms with E-state index in [9.17, 15) is 17.9 Å². The predicted octanol–water partition coefficient (Wildman–Crippen LogP) is 3.04. The van der Waals surface area contributed by atoms with E-state index in [1.807, 2.05) is 6.92 Å². The minimum atomic E-state index is -3.78. The number of hydrogen-bond donors (Lipinski definition) is 1. The highest BCUT2D eigenvalue weighted by atomic mass is 35.5. The Labute approximate surface area is 141 Å². The quantitative estimate of drug-likeness (QED) is 0.900. The van der Waals surface area contributed by atoms with Crippen LogP contribution in [0.4, 0.5) is 4.39 Å². The molecular weight excluding hydrogens is 341 g/mol. The highest BCUT2D eigenvalue weighted by Crippen LogP contribution is 2.45. The van der Waals surface area contributed by atoms with E-state index in [-0.39, 0.29) is 21.8 Å². The van der Waals surface area contributed by atoms with E-state index in [2.05, 4.69) is 0 Å².